The molecule has 1 fully saturated rings. The highest BCUT2D eigenvalue weighted by atomic mass is 32.1. The van der Waals surface area contributed by atoms with E-state index in [1.807, 2.05) is 46.0 Å². The summed E-state index contributed by atoms with van der Waals surface area (Å²) in [5.74, 6) is 0. The van der Waals surface area contributed by atoms with E-state index in [4.69, 9.17) is 9.72 Å². The van der Waals surface area contributed by atoms with Gasteiger partial charge in [0.2, 0.25) is 0 Å². The van der Waals surface area contributed by atoms with Crippen LogP contribution in [0.5, 0.6) is 0 Å². The topological polar surface area (TPSA) is 54.5 Å². The van der Waals surface area contributed by atoms with E-state index in [1.165, 1.54) is 0 Å². The van der Waals surface area contributed by atoms with Gasteiger partial charge in [0.15, 0.2) is 0 Å². The van der Waals surface area contributed by atoms with Crippen LogP contribution in [0.25, 0.3) is 11.3 Å². The van der Waals surface area contributed by atoms with Crippen LogP contribution in [0.1, 0.15) is 38.2 Å². The number of amides is 1. The summed E-state index contributed by atoms with van der Waals surface area (Å²) in [5.41, 5.74) is 1.55. The number of hydrogen-bond donors (Lipinski definition) is 1. The maximum absolute atomic E-state index is 12.6. The first-order chi connectivity index (χ1) is 11.9. The number of thiazole rings is 1. The third-order valence-corrected chi connectivity index (χ3v) is 5.16. The summed E-state index contributed by atoms with van der Waals surface area (Å²) < 4.78 is 5.59. The van der Waals surface area contributed by atoms with E-state index in [9.17, 15) is 4.79 Å². The van der Waals surface area contributed by atoms with Crippen molar-refractivity contribution in [2.75, 3.05) is 13.6 Å². The van der Waals surface area contributed by atoms with E-state index < -0.39 is 5.60 Å². The summed E-state index contributed by atoms with van der Waals surface area (Å²) in [4.78, 5) is 19.2. The lowest BCUT2D eigenvalue weighted by Crippen LogP contribution is -2.38. The Bertz CT molecular complexity index is 724. The minimum atomic E-state index is -0.503. The molecule has 1 aromatic carbocycles. The quantitative estimate of drug-likeness (QED) is 0.897. The van der Waals surface area contributed by atoms with E-state index in [-0.39, 0.29) is 18.2 Å². The fraction of sp³-hybridized carbons (Fsp3) is 0.474. The predicted octanol–water partition coefficient (Wildman–Crippen LogP) is 4.08. The molecule has 2 atom stereocenters. The van der Waals surface area contributed by atoms with Gasteiger partial charge in [0, 0.05) is 23.5 Å². The molecule has 25 heavy (non-hydrogen) atoms. The number of aromatic nitrogens is 1. The molecule has 2 aromatic rings. The molecule has 0 radical (unpaired) electrons. The number of rotatable bonds is 3. The van der Waals surface area contributed by atoms with Gasteiger partial charge in [0.25, 0.3) is 0 Å². The van der Waals surface area contributed by atoms with Gasteiger partial charge in [-0.3, -0.25) is 4.90 Å². The first-order valence-electron chi connectivity index (χ1n) is 8.55. The minimum Gasteiger partial charge on any atom is -0.444 e. The number of likely N-dealkylation sites (tertiary alicyclic amines) is 1. The molecule has 1 aromatic heterocycles. The molecule has 5 nitrogen and oxygen atoms in total. The predicted molar refractivity (Wildman–Crippen MR) is 101 cm³/mol. The van der Waals surface area contributed by atoms with Crippen LogP contribution >= 0.6 is 11.3 Å². The zero-order valence-electron chi connectivity index (χ0n) is 15.2. The Labute approximate surface area is 153 Å². The maximum atomic E-state index is 12.6. The Kier molecular flexibility index (Phi) is 5.11. The molecule has 2 heterocycles. The highest BCUT2D eigenvalue weighted by Crippen LogP contribution is 2.36. The van der Waals surface area contributed by atoms with Crippen LogP contribution in [0.15, 0.2) is 35.7 Å². The molecular formula is C19H25N3O2S. The lowest BCUT2D eigenvalue weighted by atomic mass is 10.1. The second-order valence-corrected chi connectivity index (χ2v) is 8.20. The van der Waals surface area contributed by atoms with Crippen molar-refractivity contribution in [1.29, 1.82) is 0 Å². The van der Waals surface area contributed by atoms with Gasteiger partial charge < -0.3 is 10.1 Å². The number of carbonyl (C=O) groups is 1. The average molecular weight is 359 g/mol. The summed E-state index contributed by atoms with van der Waals surface area (Å²) in [6.07, 6.45) is 0.573. The Morgan fingerprint density at radius 3 is 2.68 bits per heavy atom. The number of carbonyl (C=O) groups excluding carboxylic acids is 1. The van der Waals surface area contributed by atoms with Crippen LogP contribution in [0.3, 0.4) is 0 Å². The molecule has 0 saturated carbocycles. The van der Waals surface area contributed by atoms with Crippen LogP contribution in [0.2, 0.25) is 0 Å². The number of hydrogen-bond acceptors (Lipinski definition) is 5. The van der Waals surface area contributed by atoms with Crippen molar-refractivity contribution in [2.45, 2.75) is 44.9 Å². The van der Waals surface area contributed by atoms with Crippen molar-refractivity contribution in [3.63, 3.8) is 0 Å². The van der Waals surface area contributed by atoms with Gasteiger partial charge in [-0.2, -0.15) is 0 Å². The van der Waals surface area contributed by atoms with Gasteiger partial charge in [-0.25, -0.2) is 9.78 Å². The van der Waals surface area contributed by atoms with E-state index in [1.54, 1.807) is 16.2 Å². The van der Waals surface area contributed by atoms with Crippen molar-refractivity contribution >= 4 is 17.4 Å². The van der Waals surface area contributed by atoms with Gasteiger partial charge in [-0.05, 0) is 34.2 Å². The summed E-state index contributed by atoms with van der Waals surface area (Å²) in [7, 11) is 1.93. The molecule has 0 unspecified atom stereocenters. The molecule has 1 saturated heterocycles. The molecule has 1 aliphatic rings. The Balaban J connectivity index is 1.83. The van der Waals surface area contributed by atoms with Crippen molar-refractivity contribution in [3.05, 3.63) is 40.7 Å². The fourth-order valence-electron chi connectivity index (χ4n) is 2.98. The monoisotopic (exact) mass is 359 g/mol. The third kappa shape index (κ3) is 4.19. The van der Waals surface area contributed by atoms with Crippen LogP contribution in [-0.4, -0.2) is 41.2 Å². The van der Waals surface area contributed by atoms with Gasteiger partial charge >= 0.3 is 6.09 Å². The maximum Gasteiger partial charge on any atom is 0.410 e. The van der Waals surface area contributed by atoms with Crippen molar-refractivity contribution in [3.8, 4) is 11.3 Å². The summed E-state index contributed by atoms with van der Waals surface area (Å²) in [5, 5.41) is 6.30. The van der Waals surface area contributed by atoms with E-state index in [2.05, 4.69) is 22.8 Å². The highest BCUT2D eigenvalue weighted by molar-refractivity contribution is 7.10. The number of nitrogens with one attached hydrogen (secondary N) is 1. The van der Waals surface area contributed by atoms with Gasteiger partial charge in [-0.1, -0.05) is 30.3 Å². The smallest absolute Gasteiger partial charge is 0.410 e. The lowest BCUT2D eigenvalue weighted by Gasteiger charge is -2.27. The molecule has 134 valence electrons. The van der Waals surface area contributed by atoms with Gasteiger partial charge in [0.1, 0.15) is 10.6 Å². The second-order valence-electron chi connectivity index (χ2n) is 7.31. The number of likely N-dealkylation sites (N-methyl/N-ethyl adjacent to an activating group) is 1. The first kappa shape index (κ1) is 17.9. The molecule has 3 rings (SSSR count). The summed E-state index contributed by atoms with van der Waals surface area (Å²) >= 11 is 1.60. The van der Waals surface area contributed by atoms with Crippen LogP contribution < -0.4 is 5.32 Å². The Morgan fingerprint density at radius 1 is 1.32 bits per heavy atom. The van der Waals surface area contributed by atoms with E-state index in [0.29, 0.717) is 6.54 Å². The van der Waals surface area contributed by atoms with Crippen LogP contribution in [0.4, 0.5) is 4.79 Å². The van der Waals surface area contributed by atoms with Gasteiger partial charge in [-0.15, -0.1) is 11.3 Å². The molecule has 0 aliphatic carbocycles. The lowest BCUT2D eigenvalue weighted by molar-refractivity contribution is 0.0221. The molecule has 6 heteroatoms. The largest absolute Gasteiger partial charge is 0.444 e. The van der Waals surface area contributed by atoms with Crippen LogP contribution in [-0.2, 0) is 4.74 Å². The summed E-state index contributed by atoms with van der Waals surface area (Å²) in [6.45, 7) is 6.31. The average Bonchev–Trinajstić information content (AvgIpc) is 3.21. The Hall–Kier alpha value is -1.92. The number of ether oxygens (including phenoxy) is 1. The molecular weight excluding hydrogens is 334 g/mol. The minimum absolute atomic E-state index is 0.0465. The Morgan fingerprint density at radius 2 is 2.04 bits per heavy atom. The molecule has 1 amide bonds. The van der Waals surface area contributed by atoms with E-state index >= 15 is 0 Å². The molecule has 1 aliphatic heterocycles. The molecule has 0 spiro atoms. The van der Waals surface area contributed by atoms with Gasteiger partial charge in [0.05, 0.1) is 11.7 Å². The first-order valence-corrected chi connectivity index (χ1v) is 9.43. The molecule has 0 bridgehead atoms. The number of benzene rings is 1. The SMILES string of the molecule is CN[C@H]1C[C@@H](c2nc(-c3ccccc3)cs2)N(C(=O)OC(C)(C)C)C1. The van der Waals surface area contributed by atoms with Crippen molar-refractivity contribution in [2.24, 2.45) is 0 Å². The normalized spacial score (nSPS) is 20.7. The van der Waals surface area contributed by atoms with Crippen molar-refractivity contribution < 1.29 is 9.53 Å². The zero-order valence-corrected chi connectivity index (χ0v) is 16.0. The fourth-order valence-corrected chi connectivity index (χ4v) is 3.94. The molecule has 1 N–H and O–H groups in total. The zero-order chi connectivity index (χ0) is 18.0. The summed E-state index contributed by atoms with van der Waals surface area (Å²) in [6, 6.07) is 10.3. The number of nitrogens with zero attached hydrogens (tertiary/aromatic N) is 2. The van der Waals surface area contributed by atoms with Crippen LogP contribution in [0, 0.1) is 0 Å². The second kappa shape index (κ2) is 7.14. The van der Waals surface area contributed by atoms with E-state index in [0.717, 1.165) is 22.7 Å². The highest BCUT2D eigenvalue weighted by Gasteiger charge is 2.39. The van der Waals surface area contributed by atoms with Crippen molar-refractivity contribution in [1.82, 2.24) is 15.2 Å². The third-order valence-electron chi connectivity index (χ3n) is 4.21. The standard InChI is InChI=1S/C19H25N3O2S/c1-19(2,3)24-18(23)22-11-14(20-4)10-16(22)17-21-15(12-25-17)13-8-6-5-7-9-13/h5-9,12,14,16,20H,10-11H2,1-4H3/t14-,16-/m0/s1.